The van der Waals surface area contributed by atoms with Crippen molar-refractivity contribution in [2.75, 3.05) is 11.9 Å². The van der Waals surface area contributed by atoms with Gasteiger partial charge in [0.2, 0.25) is 0 Å². The Labute approximate surface area is 148 Å². The number of carbonyl (C=O) groups excluding carboxylic acids is 1. The SMILES string of the molecule is CCc1ccc(NC(=O)N2CCCCC[C@H]2c2ccc(C)s2)cc1. The number of nitrogens with one attached hydrogen (secondary N) is 1. The maximum Gasteiger partial charge on any atom is 0.322 e. The monoisotopic (exact) mass is 342 g/mol. The lowest BCUT2D eigenvalue weighted by Crippen LogP contribution is -2.37. The molecule has 24 heavy (non-hydrogen) atoms. The van der Waals surface area contributed by atoms with Gasteiger partial charge >= 0.3 is 6.03 Å². The molecule has 1 saturated heterocycles. The number of aryl methyl sites for hydroxylation is 2. The summed E-state index contributed by atoms with van der Waals surface area (Å²) in [6.45, 7) is 5.10. The third kappa shape index (κ3) is 3.99. The van der Waals surface area contributed by atoms with Gasteiger partial charge in [-0.3, -0.25) is 0 Å². The van der Waals surface area contributed by atoms with E-state index in [0.29, 0.717) is 0 Å². The van der Waals surface area contributed by atoms with Gasteiger partial charge in [0.05, 0.1) is 6.04 Å². The molecule has 2 aromatic rings. The summed E-state index contributed by atoms with van der Waals surface area (Å²) in [6.07, 6.45) is 5.55. The molecule has 0 radical (unpaired) electrons. The maximum atomic E-state index is 12.9. The number of urea groups is 1. The highest BCUT2D eigenvalue weighted by Gasteiger charge is 2.27. The van der Waals surface area contributed by atoms with Gasteiger partial charge in [-0.15, -0.1) is 11.3 Å². The molecule has 1 atom stereocenters. The van der Waals surface area contributed by atoms with E-state index in [-0.39, 0.29) is 12.1 Å². The Balaban J connectivity index is 1.76. The van der Waals surface area contributed by atoms with Crippen molar-refractivity contribution in [1.82, 2.24) is 4.90 Å². The van der Waals surface area contributed by atoms with Crippen LogP contribution < -0.4 is 5.32 Å². The lowest BCUT2D eigenvalue weighted by Gasteiger charge is -2.29. The molecule has 0 aliphatic carbocycles. The van der Waals surface area contributed by atoms with Crippen LogP contribution in [0.1, 0.15) is 54.0 Å². The van der Waals surface area contributed by atoms with E-state index < -0.39 is 0 Å². The third-order valence-corrected chi connectivity index (χ3v) is 5.82. The zero-order valence-corrected chi connectivity index (χ0v) is 15.4. The summed E-state index contributed by atoms with van der Waals surface area (Å²) in [7, 11) is 0. The summed E-state index contributed by atoms with van der Waals surface area (Å²) in [4.78, 5) is 17.5. The van der Waals surface area contributed by atoms with Crippen LogP contribution in [0.2, 0.25) is 0 Å². The predicted octanol–water partition coefficient (Wildman–Crippen LogP) is 5.77. The number of carbonyl (C=O) groups is 1. The van der Waals surface area contributed by atoms with Crippen LogP contribution in [0.3, 0.4) is 0 Å². The minimum atomic E-state index is 0.0252. The zero-order chi connectivity index (χ0) is 16.9. The largest absolute Gasteiger partial charge is 0.322 e. The Morgan fingerprint density at radius 2 is 1.96 bits per heavy atom. The van der Waals surface area contributed by atoms with Crippen LogP contribution in [-0.4, -0.2) is 17.5 Å². The molecule has 0 spiro atoms. The van der Waals surface area contributed by atoms with Gasteiger partial charge in [-0.2, -0.15) is 0 Å². The van der Waals surface area contributed by atoms with Crippen molar-refractivity contribution in [3.05, 3.63) is 51.7 Å². The Bertz CT molecular complexity index is 677. The molecule has 1 aromatic heterocycles. The number of nitrogens with zero attached hydrogens (tertiary/aromatic N) is 1. The van der Waals surface area contributed by atoms with Crippen LogP contribution in [0.25, 0.3) is 0 Å². The van der Waals surface area contributed by atoms with Gasteiger partial charge in [0.1, 0.15) is 0 Å². The molecule has 2 amide bonds. The van der Waals surface area contributed by atoms with E-state index in [9.17, 15) is 4.79 Å². The molecule has 1 N–H and O–H groups in total. The van der Waals surface area contributed by atoms with Crippen molar-refractivity contribution in [1.29, 1.82) is 0 Å². The molecule has 3 rings (SSSR count). The molecule has 0 bridgehead atoms. The lowest BCUT2D eigenvalue weighted by molar-refractivity contribution is 0.190. The minimum absolute atomic E-state index is 0.0252. The minimum Gasteiger partial charge on any atom is -0.317 e. The Morgan fingerprint density at radius 1 is 1.17 bits per heavy atom. The summed E-state index contributed by atoms with van der Waals surface area (Å²) in [5.74, 6) is 0. The maximum absolute atomic E-state index is 12.9. The molecule has 4 heteroatoms. The van der Waals surface area contributed by atoms with Crippen molar-refractivity contribution in [3.63, 3.8) is 0 Å². The Morgan fingerprint density at radius 3 is 2.62 bits per heavy atom. The molecule has 1 aromatic carbocycles. The number of thiophene rings is 1. The first kappa shape index (κ1) is 17.0. The average Bonchev–Trinajstić information content (AvgIpc) is 2.87. The van der Waals surface area contributed by atoms with E-state index in [0.717, 1.165) is 31.5 Å². The van der Waals surface area contributed by atoms with Crippen LogP contribution in [0.4, 0.5) is 10.5 Å². The molecule has 1 fully saturated rings. The second kappa shape index (κ2) is 7.84. The van der Waals surface area contributed by atoms with Crippen molar-refractivity contribution in [2.45, 2.75) is 52.0 Å². The van der Waals surface area contributed by atoms with E-state index in [1.165, 1.54) is 28.2 Å². The van der Waals surface area contributed by atoms with Gasteiger partial charge in [-0.1, -0.05) is 31.9 Å². The summed E-state index contributed by atoms with van der Waals surface area (Å²) >= 11 is 1.81. The number of amides is 2. The molecule has 3 nitrogen and oxygen atoms in total. The first-order valence-electron chi connectivity index (χ1n) is 8.90. The van der Waals surface area contributed by atoms with E-state index in [4.69, 9.17) is 0 Å². The van der Waals surface area contributed by atoms with Gasteiger partial charge in [0.15, 0.2) is 0 Å². The smallest absolute Gasteiger partial charge is 0.317 e. The number of hydrogen-bond donors (Lipinski definition) is 1. The topological polar surface area (TPSA) is 32.3 Å². The number of rotatable bonds is 3. The zero-order valence-electron chi connectivity index (χ0n) is 14.5. The molecule has 1 aliphatic heterocycles. The van der Waals surface area contributed by atoms with Crippen LogP contribution >= 0.6 is 11.3 Å². The van der Waals surface area contributed by atoms with Gasteiger partial charge < -0.3 is 10.2 Å². The van der Waals surface area contributed by atoms with Crippen LogP contribution in [0.5, 0.6) is 0 Å². The highest BCUT2D eigenvalue weighted by atomic mass is 32.1. The van der Waals surface area contributed by atoms with Crippen molar-refractivity contribution in [3.8, 4) is 0 Å². The number of benzene rings is 1. The lowest BCUT2D eigenvalue weighted by atomic mass is 10.1. The quantitative estimate of drug-likeness (QED) is 0.754. The number of likely N-dealkylation sites (tertiary alicyclic amines) is 1. The molecule has 2 heterocycles. The van der Waals surface area contributed by atoms with E-state index in [1.54, 1.807) is 0 Å². The second-order valence-corrected chi connectivity index (χ2v) is 7.81. The van der Waals surface area contributed by atoms with Crippen molar-refractivity contribution < 1.29 is 4.79 Å². The highest BCUT2D eigenvalue weighted by molar-refractivity contribution is 7.12. The second-order valence-electron chi connectivity index (χ2n) is 6.49. The third-order valence-electron chi connectivity index (χ3n) is 4.72. The van der Waals surface area contributed by atoms with Crippen LogP contribution in [-0.2, 0) is 6.42 Å². The Kier molecular flexibility index (Phi) is 5.56. The fourth-order valence-electron chi connectivity index (χ4n) is 3.30. The molecular weight excluding hydrogens is 316 g/mol. The van der Waals surface area contributed by atoms with Gasteiger partial charge in [0, 0.05) is 22.0 Å². The van der Waals surface area contributed by atoms with Gasteiger partial charge in [-0.05, 0) is 56.0 Å². The summed E-state index contributed by atoms with van der Waals surface area (Å²) < 4.78 is 0. The Hall–Kier alpha value is -1.81. The molecule has 128 valence electrons. The molecular formula is C20H26N2OS. The predicted molar refractivity (Wildman–Crippen MR) is 102 cm³/mol. The normalized spacial score (nSPS) is 18.2. The van der Waals surface area contributed by atoms with E-state index >= 15 is 0 Å². The standard InChI is InChI=1S/C20H26N2OS/c1-3-16-9-11-17(12-10-16)21-20(23)22-14-6-4-5-7-18(22)19-13-8-15(2)24-19/h8-13,18H,3-7,14H2,1-2H3,(H,21,23)/t18-/m0/s1. The first-order valence-corrected chi connectivity index (χ1v) is 9.72. The summed E-state index contributed by atoms with van der Waals surface area (Å²) in [5.41, 5.74) is 2.16. The summed E-state index contributed by atoms with van der Waals surface area (Å²) in [5, 5.41) is 3.09. The van der Waals surface area contributed by atoms with Crippen LogP contribution in [0, 0.1) is 6.92 Å². The average molecular weight is 343 g/mol. The fraction of sp³-hybridized carbons (Fsp3) is 0.450. The first-order chi connectivity index (χ1) is 11.7. The van der Waals surface area contributed by atoms with Gasteiger partial charge in [0.25, 0.3) is 0 Å². The highest BCUT2D eigenvalue weighted by Crippen LogP contribution is 2.34. The van der Waals surface area contributed by atoms with Crippen LogP contribution in [0.15, 0.2) is 36.4 Å². The molecule has 0 saturated carbocycles. The molecule has 0 unspecified atom stereocenters. The fourth-order valence-corrected chi connectivity index (χ4v) is 4.32. The summed E-state index contributed by atoms with van der Waals surface area (Å²) in [6, 6.07) is 12.7. The van der Waals surface area contributed by atoms with Gasteiger partial charge in [-0.25, -0.2) is 4.79 Å². The number of anilines is 1. The molecule has 1 aliphatic rings. The number of hydrogen-bond acceptors (Lipinski definition) is 2. The van der Waals surface area contributed by atoms with Crippen molar-refractivity contribution in [2.24, 2.45) is 0 Å². The van der Waals surface area contributed by atoms with E-state index in [1.807, 2.05) is 28.4 Å². The van der Waals surface area contributed by atoms with Crippen molar-refractivity contribution >= 4 is 23.1 Å². The van der Waals surface area contributed by atoms with E-state index in [2.05, 4.69) is 43.4 Å².